The molecule has 0 saturated heterocycles. The SMILES string of the molecule is CC(C)C1CC(=O)Nc2ncccc2N1. The fraction of sp³-hybridized carbons (Fsp3) is 0.455. The van der Waals surface area contributed by atoms with Crippen LogP contribution < -0.4 is 10.6 Å². The van der Waals surface area contributed by atoms with E-state index < -0.39 is 0 Å². The minimum absolute atomic E-state index is 0.0265. The van der Waals surface area contributed by atoms with Crippen molar-refractivity contribution in [3.63, 3.8) is 0 Å². The molecule has 0 fully saturated rings. The normalized spacial score (nSPS) is 20.2. The quantitative estimate of drug-likeness (QED) is 0.735. The number of hydrogen-bond donors (Lipinski definition) is 2. The van der Waals surface area contributed by atoms with E-state index in [0.29, 0.717) is 18.2 Å². The lowest BCUT2D eigenvalue weighted by Crippen LogP contribution is -2.27. The minimum atomic E-state index is 0.0265. The molecule has 0 saturated carbocycles. The van der Waals surface area contributed by atoms with Gasteiger partial charge in [0.05, 0.1) is 5.69 Å². The Morgan fingerprint density at radius 2 is 2.33 bits per heavy atom. The van der Waals surface area contributed by atoms with Gasteiger partial charge in [0.1, 0.15) is 0 Å². The van der Waals surface area contributed by atoms with Gasteiger partial charge in [-0.3, -0.25) is 4.79 Å². The predicted octanol–water partition coefficient (Wildman–Crippen LogP) is 1.86. The van der Waals surface area contributed by atoms with E-state index >= 15 is 0 Å². The molecular formula is C11H15N3O. The second-order valence-corrected chi connectivity index (χ2v) is 4.15. The molecule has 2 rings (SSSR count). The molecule has 0 radical (unpaired) electrons. The van der Waals surface area contributed by atoms with Crippen LogP contribution in [0.2, 0.25) is 0 Å². The largest absolute Gasteiger partial charge is 0.379 e. The maximum absolute atomic E-state index is 11.6. The number of carbonyl (C=O) groups excluding carboxylic acids is 1. The molecule has 1 amide bonds. The molecule has 1 unspecified atom stereocenters. The van der Waals surface area contributed by atoms with Crippen LogP contribution in [0.1, 0.15) is 20.3 Å². The van der Waals surface area contributed by atoms with Crippen LogP contribution in [0.3, 0.4) is 0 Å². The van der Waals surface area contributed by atoms with Gasteiger partial charge in [-0.2, -0.15) is 0 Å². The van der Waals surface area contributed by atoms with Crippen molar-refractivity contribution in [1.29, 1.82) is 0 Å². The second-order valence-electron chi connectivity index (χ2n) is 4.15. The smallest absolute Gasteiger partial charge is 0.227 e. The monoisotopic (exact) mass is 205 g/mol. The highest BCUT2D eigenvalue weighted by molar-refractivity contribution is 5.94. The molecule has 2 heterocycles. The zero-order valence-corrected chi connectivity index (χ0v) is 8.95. The molecule has 0 aliphatic carbocycles. The van der Waals surface area contributed by atoms with Crippen LogP contribution >= 0.6 is 0 Å². The van der Waals surface area contributed by atoms with Crippen molar-refractivity contribution in [1.82, 2.24) is 4.98 Å². The molecule has 1 atom stereocenters. The maximum Gasteiger partial charge on any atom is 0.227 e. The first-order chi connectivity index (χ1) is 7.16. The lowest BCUT2D eigenvalue weighted by atomic mass is 10.0. The predicted molar refractivity (Wildman–Crippen MR) is 59.7 cm³/mol. The van der Waals surface area contributed by atoms with E-state index in [2.05, 4.69) is 29.5 Å². The van der Waals surface area contributed by atoms with Gasteiger partial charge in [-0.25, -0.2) is 4.98 Å². The summed E-state index contributed by atoms with van der Waals surface area (Å²) in [5.41, 5.74) is 0.905. The van der Waals surface area contributed by atoms with Crippen molar-refractivity contribution >= 4 is 17.4 Å². The highest BCUT2D eigenvalue weighted by Gasteiger charge is 2.23. The van der Waals surface area contributed by atoms with Crippen LogP contribution in [0.5, 0.6) is 0 Å². The number of hydrogen-bond acceptors (Lipinski definition) is 3. The molecule has 4 heteroatoms. The molecule has 1 aromatic heterocycles. The van der Waals surface area contributed by atoms with Crippen molar-refractivity contribution in [3.8, 4) is 0 Å². The summed E-state index contributed by atoms with van der Waals surface area (Å²) in [4.78, 5) is 15.7. The van der Waals surface area contributed by atoms with E-state index in [-0.39, 0.29) is 11.9 Å². The van der Waals surface area contributed by atoms with Crippen LogP contribution in [-0.4, -0.2) is 16.9 Å². The van der Waals surface area contributed by atoms with Crippen molar-refractivity contribution in [2.75, 3.05) is 10.6 Å². The highest BCUT2D eigenvalue weighted by atomic mass is 16.1. The average Bonchev–Trinajstić information content (AvgIpc) is 2.35. The summed E-state index contributed by atoms with van der Waals surface area (Å²) in [6.07, 6.45) is 2.17. The van der Waals surface area contributed by atoms with Crippen molar-refractivity contribution in [2.45, 2.75) is 26.3 Å². The number of fused-ring (bicyclic) bond motifs is 1. The summed E-state index contributed by atoms with van der Waals surface area (Å²) in [5.74, 6) is 1.08. The van der Waals surface area contributed by atoms with Gasteiger partial charge in [0, 0.05) is 18.7 Å². The third-order valence-electron chi connectivity index (χ3n) is 2.62. The fourth-order valence-electron chi connectivity index (χ4n) is 1.66. The molecule has 0 spiro atoms. The summed E-state index contributed by atoms with van der Waals surface area (Å²) in [5, 5.41) is 6.14. The lowest BCUT2D eigenvalue weighted by molar-refractivity contribution is -0.116. The zero-order valence-electron chi connectivity index (χ0n) is 8.95. The number of carbonyl (C=O) groups is 1. The molecule has 0 bridgehead atoms. The third-order valence-corrected chi connectivity index (χ3v) is 2.62. The van der Waals surface area contributed by atoms with Crippen LogP contribution in [0.4, 0.5) is 11.5 Å². The number of amides is 1. The van der Waals surface area contributed by atoms with Gasteiger partial charge >= 0.3 is 0 Å². The lowest BCUT2D eigenvalue weighted by Gasteiger charge is -2.19. The van der Waals surface area contributed by atoms with Gasteiger partial charge in [0.15, 0.2) is 5.82 Å². The Balaban J connectivity index is 2.31. The topological polar surface area (TPSA) is 54.0 Å². The van der Waals surface area contributed by atoms with Crippen LogP contribution in [0, 0.1) is 5.92 Å². The van der Waals surface area contributed by atoms with E-state index in [0.717, 1.165) is 5.69 Å². The fourth-order valence-corrected chi connectivity index (χ4v) is 1.66. The van der Waals surface area contributed by atoms with Gasteiger partial charge in [-0.1, -0.05) is 13.8 Å². The summed E-state index contributed by atoms with van der Waals surface area (Å²) >= 11 is 0. The Labute approximate surface area is 89.1 Å². The minimum Gasteiger partial charge on any atom is -0.379 e. The molecule has 1 aliphatic rings. The van der Waals surface area contributed by atoms with Crippen molar-refractivity contribution in [3.05, 3.63) is 18.3 Å². The van der Waals surface area contributed by atoms with Crippen LogP contribution in [-0.2, 0) is 4.79 Å². The van der Waals surface area contributed by atoms with E-state index in [1.165, 1.54) is 0 Å². The van der Waals surface area contributed by atoms with E-state index in [4.69, 9.17) is 0 Å². The molecule has 0 aromatic carbocycles. The van der Waals surface area contributed by atoms with Gasteiger partial charge in [-0.05, 0) is 18.1 Å². The standard InChI is InChI=1S/C11H15N3O/c1-7(2)9-6-10(15)14-11-8(13-9)4-3-5-12-11/h3-5,7,9,13H,6H2,1-2H3,(H,12,14,15). The van der Waals surface area contributed by atoms with E-state index in [9.17, 15) is 4.79 Å². The molecule has 1 aliphatic heterocycles. The average molecular weight is 205 g/mol. The molecule has 1 aromatic rings. The van der Waals surface area contributed by atoms with Gasteiger partial charge in [0.2, 0.25) is 5.91 Å². The number of nitrogens with one attached hydrogen (secondary N) is 2. The Bertz CT molecular complexity index is 376. The first-order valence-electron chi connectivity index (χ1n) is 5.18. The van der Waals surface area contributed by atoms with Gasteiger partial charge < -0.3 is 10.6 Å². The van der Waals surface area contributed by atoms with Crippen molar-refractivity contribution < 1.29 is 4.79 Å². The third kappa shape index (κ3) is 2.09. The summed E-state index contributed by atoms with van der Waals surface area (Å²) in [7, 11) is 0. The molecular weight excluding hydrogens is 190 g/mol. The molecule has 2 N–H and O–H groups in total. The van der Waals surface area contributed by atoms with Crippen LogP contribution in [0.15, 0.2) is 18.3 Å². The van der Waals surface area contributed by atoms with E-state index in [1.54, 1.807) is 6.20 Å². The number of anilines is 2. The molecule has 4 nitrogen and oxygen atoms in total. The Morgan fingerprint density at radius 3 is 3.07 bits per heavy atom. The summed E-state index contributed by atoms with van der Waals surface area (Å²) < 4.78 is 0. The number of rotatable bonds is 1. The van der Waals surface area contributed by atoms with E-state index in [1.807, 2.05) is 12.1 Å². The zero-order chi connectivity index (χ0) is 10.8. The number of pyridine rings is 1. The number of aromatic nitrogens is 1. The van der Waals surface area contributed by atoms with Crippen LogP contribution in [0.25, 0.3) is 0 Å². The Morgan fingerprint density at radius 1 is 1.53 bits per heavy atom. The summed E-state index contributed by atoms with van der Waals surface area (Å²) in [6, 6.07) is 3.97. The molecule has 15 heavy (non-hydrogen) atoms. The van der Waals surface area contributed by atoms with Gasteiger partial charge in [0.25, 0.3) is 0 Å². The van der Waals surface area contributed by atoms with Crippen molar-refractivity contribution in [2.24, 2.45) is 5.92 Å². The second kappa shape index (κ2) is 3.88. The summed E-state index contributed by atoms with van der Waals surface area (Å²) in [6.45, 7) is 4.21. The maximum atomic E-state index is 11.6. The number of nitrogens with zero attached hydrogens (tertiary/aromatic N) is 1. The highest BCUT2D eigenvalue weighted by Crippen LogP contribution is 2.25. The first kappa shape index (κ1) is 9.96. The van der Waals surface area contributed by atoms with Gasteiger partial charge in [-0.15, -0.1) is 0 Å². The first-order valence-corrected chi connectivity index (χ1v) is 5.18. The Kier molecular flexibility index (Phi) is 2.58. The Hall–Kier alpha value is -1.58. The molecule has 80 valence electrons.